The third kappa shape index (κ3) is 6.00. The molecule has 2 fully saturated rings. The molecule has 0 saturated heterocycles. The number of anilines is 2. The van der Waals surface area contributed by atoms with Crippen LogP contribution in [-0.2, 0) is 24.8 Å². The lowest BCUT2D eigenvalue weighted by Crippen LogP contribution is -2.48. The van der Waals surface area contributed by atoms with Crippen molar-refractivity contribution in [3.63, 3.8) is 0 Å². The molecule has 0 aromatic heterocycles. The number of nitrogens with one attached hydrogen (secondary N) is 2. The summed E-state index contributed by atoms with van der Waals surface area (Å²) in [7, 11) is -7.88. The van der Waals surface area contributed by atoms with Gasteiger partial charge in [0, 0.05) is 12.2 Å². The molecule has 2 atom stereocenters. The Morgan fingerprint density at radius 1 is 1.10 bits per heavy atom. The minimum Gasteiger partial charge on any atom is -0.485 e. The Bertz CT molecular complexity index is 1460. The Morgan fingerprint density at radius 3 is 2.38 bits per heavy atom. The van der Waals surface area contributed by atoms with Crippen molar-refractivity contribution in [2.75, 3.05) is 29.3 Å². The van der Waals surface area contributed by atoms with E-state index >= 15 is 0 Å². The number of nitrogens with zero attached hydrogens (tertiary/aromatic N) is 1. The fourth-order valence-electron chi connectivity index (χ4n) is 4.26. The molecule has 3 aliphatic rings. The monoisotopic (exact) mass is 609 g/mol. The van der Waals surface area contributed by atoms with Crippen LogP contribution in [0, 0.1) is 11.2 Å². The van der Waals surface area contributed by atoms with Gasteiger partial charge in [-0.1, -0.05) is 0 Å². The fourth-order valence-corrected chi connectivity index (χ4v) is 7.17. The van der Waals surface area contributed by atoms with Crippen LogP contribution < -0.4 is 19.1 Å². The predicted octanol–water partition coefficient (Wildman–Crippen LogP) is 2.91. The SMILES string of the molecule is O=S(=O)(NC[C@H]1CN(S(=O)(=O)c2ccc(F)cc2)c2cc(NC(O)OCC3(C(F)(F)F)CC3)ccc2O1)C1CC1. The van der Waals surface area contributed by atoms with Gasteiger partial charge in [0.05, 0.1) is 34.4 Å². The highest BCUT2D eigenvalue weighted by Gasteiger charge is 2.63. The van der Waals surface area contributed by atoms with Gasteiger partial charge in [-0.3, -0.25) is 4.31 Å². The van der Waals surface area contributed by atoms with Gasteiger partial charge >= 0.3 is 6.18 Å². The summed E-state index contributed by atoms with van der Waals surface area (Å²) in [5.41, 5.74) is -1.87. The van der Waals surface area contributed by atoms with E-state index in [4.69, 9.17) is 9.47 Å². The number of hydrogen-bond donors (Lipinski definition) is 3. The largest absolute Gasteiger partial charge is 0.485 e. The van der Waals surface area contributed by atoms with Gasteiger partial charge in [0.15, 0.2) is 0 Å². The molecular weight excluding hydrogens is 582 g/mol. The van der Waals surface area contributed by atoms with Crippen LogP contribution in [0.5, 0.6) is 5.75 Å². The van der Waals surface area contributed by atoms with Crippen molar-refractivity contribution in [2.45, 2.75) is 54.5 Å². The van der Waals surface area contributed by atoms with Gasteiger partial charge in [0.25, 0.3) is 10.0 Å². The van der Waals surface area contributed by atoms with E-state index in [1.54, 1.807) is 0 Å². The summed E-state index contributed by atoms with van der Waals surface area (Å²) in [4.78, 5) is -0.234. The summed E-state index contributed by atoms with van der Waals surface area (Å²) < 4.78 is 119. The molecule has 0 radical (unpaired) electrons. The lowest BCUT2D eigenvalue weighted by molar-refractivity contribution is -0.215. The van der Waals surface area contributed by atoms with Crippen molar-refractivity contribution >= 4 is 31.4 Å². The predicted molar refractivity (Wildman–Crippen MR) is 135 cm³/mol. The minimum atomic E-state index is -4.46. The van der Waals surface area contributed by atoms with Crippen LogP contribution in [0.25, 0.3) is 0 Å². The van der Waals surface area contributed by atoms with Crippen molar-refractivity contribution in [1.82, 2.24) is 4.72 Å². The van der Waals surface area contributed by atoms with Crippen molar-refractivity contribution in [3.05, 3.63) is 48.3 Å². The number of fused-ring (bicyclic) bond motifs is 1. The van der Waals surface area contributed by atoms with Crippen molar-refractivity contribution < 1.29 is 49.0 Å². The molecule has 220 valence electrons. The fraction of sp³-hybridized carbons (Fsp3) is 0.500. The maximum Gasteiger partial charge on any atom is 0.396 e. The molecule has 2 aromatic rings. The van der Waals surface area contributed by atoms with E-state index in [1.165, 1.54) is 18.2 Å². The number of hydrogen-bond acceptors (Lipinski definition) is 8. The Labute approximate surface area is 228 Å². The smallest absolute Gasteiger partial charge is 0.396 e. The second kappa shape index (κ2) is 10.3. The quantitative estimate of drug-likeness (QED) is 0.262. The third-order valence-electron chi connectivity index (χ3n) is 7.03. The maximum absolute atomic E-state index is 13.6. The molecular formula is C24H27F4N3O7S2. The van der Waals surface area contributed by atoms with Gasteiger partial charge in [0.1, 0.15) is 17.7 Å². The van der Waals surface area contributed by atoms with Gasteiger partial charge in [-0.05, 0) is 68.1 Å². The average Bonchev–Trinajstić information content (AvgIpc) is 3.80. The molecule has 40 heavy (non-hydrogen) atoms. The Balaban J connectivity index is 1.37. The first-order chi connectivity index (χ1) is 18.7. The first-order valence-corrected chi connectivity index (χ1v) is 15.4. The number of ether oxygens (including phenoxy) is 2. The summed E-state index contributed by atoms with van der Waals surface area (Å²) in [6, 6.07) is 8.18. The molecule has 10 nitrogen and oxygen atoms in total. The zero-order valence-electron chi connectivity index (χ0n) is 20.9. The standard InChI is InChI=1S/C24H27F4N3O7S2/c25-15-1-4-19(5-2-15)40(35,36)31-13-17(12-29-39(33,34)18-6-7-18)38-21-8-3-16(11-20(21)31)30-22(32)37-14-23(9-10-23)24(26,27)28/h1-5,8,11,17-18,22,29-30,32H,6-7,9-10,12-14H2/t17-,22?/m0/s1. The van der Waals surface area contributed by atoms with E-state index < -0.39 is 61.8 Å². The molecule has 2 aliphatic carbocycles. The Morgan fingerprint density at radius 2 is 1.77 bits per heavy atom. The number of aliphatic hydroxyl groups excluding tert-OH is 1. The molecule has 2 saturated carbocycles. The zero-order valence-corrected chi connectivity index (χ0v) is 22.5. The molecule has 1 heterocycles. The van der Waals surface area contributed by atoms with Gasteiger partial charge in [-0.25, -0.2) is 25.9 Å². The molecule has 16 heteroatoms. The van der Waals surface area contributed by atoms with Crippen LogP contribution in [0.1, 0.15) is 25.7 Å². The zero-order chi connectivity index (χ0) is 28.9. The van der Waals surface area contributed by atoms with E-state index in [2.05, 4.69) is 10.0 Å². The number of aliphatic hydroxyl groups is 1. The Kier molecular flexibility index (Phi) is 7.44. The second-order valence-electron chi connectivity index (χ2n) is 10.1. The highest BCUT2D eigenvalue weighted by molar-refractivity contribution is 7.92. The molecule has 2 aromatic carbocycles. The summed E-state index contributed by atoms with van der Waals surface area (Å²) in [5, 5.41) is 12.2. The van der Waals surface area contributed by atoms with Crippen LogP contribution in [0.4, 0.5) is 28.9 Å². The number of alkyl halides is 3. The maximum atomic E-state index is 13.6. The van der Waals surface area contributed by atoms with E-state index in [0.717, 1.165) is 28.6 Å². The number of halogens is 4. The Hall–Kier alpha value is -2.66. The van der Waals surface area contributed by atoms with Crippen LogP contribution in [-0.4, -0.2) is 65.6 Å². The molecule has 1 unspecified atom stereocenters. The van der Waals surface area contributed by atoms with E-state index in [9.17, 15) is 39.5 Å². The summed E-state index contributed by atoms with van der Waals surface area (Å²) >= 11 is 0. The molecule has 5 rings (SSSR count). The van der Waals surface area contributed by atoms with E-state index in [-0.39, 0.29) is 48.0 Å². The van der Waals surface area contributed by atoms with Gasteiger partial charge in [-0.15, -0.1) is 0 Å². The molecule has 1 aliphatic heterocycles. The number of rotatable bonds is 11. The average molecular weight is 610 g/mol. The first kappa shape index (κ1) is 28.9. The van der Waals surface area contributed by atoms with Crippen LogP contribution in [0.2, 0.25) is 0 Å². The first-order valence-electron chi connectivity index (χ1n) is 12.4. The van der Waals surface area contributed by atoms with Crippen LogP contribution in [0.3, 0.4) is 0 Å². The number of sulfonamides is 2. The van der Waals surface area contributed by atoms with Gasteiger partial charge in [-0.2, -0.15) is 13.2 Å². The van der Waals surface area contributed by atoms with Crippen molar-refractivity contribution in [3.8, 4) is 5.75 Å². The summed E-state index contributed by atoms with van der Waals surface area (Å²) in [6.45, 7) is -1.26. The minimum absolute atomic E-state index is 0.0109. The molecule has 0 spiro atoms. The second-order valence-corrected chi connectivity index (χ2v) is 14.0. The van der Waals surface area contributed by atoms with Gasteiger partial charge < -0.3 is 19.9 Å². The lowest BCUT2D eigenvalue weighted by Gasteiger charge is -2.36. The van der Waals surface area contributed by atoms with Crippen molar-refractivity contribution in [1.29, 1.82) is 0 Å². The highest BCUT2D eigenvalue weighted by Crippen LogP contribution is 2.57. The number of benzene rings is 2. The van der Waals surface area contributed by atoms with E-state index in [1.807, 2.05) is 0 Å². The topological polar surface area (TPSA) is 134 Å². The normalized spacial score (nSPS) is 21.3. The van der Waals surface area contributed by atoms with Crippen molar-refractivity contribution in [2.24, 2.45) is 5.41 Å². The summed E-state index contributed by atoms with van der Waals surface area (Å²) in [6.07, 6.45) is -6.33. The summed E-state index contributed by atoms with van der Waals surface area (Å²) in [5.74, 6) is -0.574. The molecule has 0 amide bonds. The lowest BCUT2D eigenvalue weighted by atomic mass is 10.1. The van der Waals surface area contributed by atoms with Crippen LogP contribution in [0.15, 0.2) is 47.4 Å². The third-order valence-corrected chi connectivity index (χ3v) is 10.7. The molecule has 0 bridgehead atoms. The van der Waals surface area contributed by atoms with Crippen LogP contribution >= 0.6 is 0 Å². The van der Waals surface area contributed by atoms with E-state index in [0.29, 0.717) is 12.8 Å². The highest BCUT2D eigenvalue weighted by atomic mass is 32.2. The van der Waals surface area contributed by atoms with Gasteiger partial charge in [0.2, 0.25) is 16.4 Å². The molecule has 3 N–H and O–H groups in total.